The molecule has 8 heteroatoms. The molecule has 1 aliphatic heterocycles. The molecule has 0 aromatic heterocycles. The Bertz CT molecular complexity index is 1040. The number of carbonyl (C=O) groups is 1. The lowest BCUT2D eigenvalue weighted by atomic mass is 9.98. The van der Waals surface area contributed by atoms with Crippen LogP contribution < -0.4 is 10.6 Å². The van der Waals surface area contributed by atoms with Gasteiger partial charge in [0.15, 0.2) is 0 Å². The van der Waals surface area contributed by atoms with Gasteiger partial charge in [-0.1, -0.05) is 57.9 Å². The molecule has 0 bridgehead atoms. The van der Waals surface area contributed by atoms with E-state index in [2.05, 4.69) is 48.4 Å². The largest absolute Gasteiger partial charge is 0.390 e. The number of piperidine rings is 1. The average Bonchev–Trinajstić information content (AvgIpc) is 2.96. The minimum atomic E-state index is -0.959. The molecule has 1 fully saturated rings. The van der Waals surface area contributed by atoms with Crippen molar-refractivity contribution in [2.45, 2.75) is 103 Å². The summed E-state index contributed by atoms with van der Waals surface area (Å²) in [7, 11) is 0. The first kappa shape index (κ1) is 33.1. The summed E-state index contributed by atoms with van der Waals surface area (Å²) < 4.78 is 33.9. The van der Waals surface area contributed by atoms with Gasteiger partial charge in [0.2, 0.25) is 5.91 Å². The Morgan fingerprint density at radius 1 is 1.02 bits per heavy atom. The highest BCUT2D eigenvalue weighted by molar-refractivity contribution is 5.82. The number of carbonyl (C=O) groups excluding carboxylic acids is 1. The summed E-state index contributed by atoms with van der Waals surface area (Å²) in [5.74, 6) is -1.51. The number of ether oxygens (including phenoxy) is 1. The number of aliphatic hydroxyl groups is 1. The first-order chi connectivity index (χ1) is 19.8. The van der Waals surface area contributed by atoms with Crippen molar-refractivity contribution in [2.75, 3.05) is 26.2 Å². The standard InChI is InChI=1S/C33H49F2N3O3/c1-4-7-11-31(38-14-12-29(13-15-38)41-16-5-2)33(40)37-30(20-26-18-27(34)21-28(35)19-26)32(39)23-36-22-25-10-8-9-24(6-3)17-25/h8-10,17-19,21,29-32,36,39H,4-7,11-16,20,22-23H2,1-3H3,(H,37,40)/t30-,31-,32+/m0/s1. The molecule has 41 heavy (non-hydrogen) atoms. The van der Waals surface area contributed by atoms with Crippen LogP contribution in [-0.2, 0) is 28.9 Å². The summed E-state index contributed by atoms with van der Waals surface area (Å²) in [5, 5.41) is 17.6. The SMILES string of the molecule is CCCC[C@@H](C(=O)N[C@@H](Cc1cc(F)cc(F)c1)[C@H](O)CNCc1cccc(CC)c1)N1CCC(OCCC)CC1. The van der Waals surface area contributed by atoms with Crippen molar-refractivity contribution < 1.29 is 23.4 Å². The Morgan fingerprint density at radius 3 is 2.39 bits per heavy atom. The van der Waals surface area contributed by atoms with Gasteiger partial charge in [0.05, 0.1) is 24.3 Å². The maximum atomic E-state index is 14.0. The molecule has 1 amide bonds. The van der Waals surface area contributed by atoms with Crippen LogP contribution in [0.4, 0.5) is 8.78 Å². The minimum absolute atomic E-state index is 0.113. The summed E-state index contributed by atoms with van der Waals surface area (Å²) in [5.41, 5.74) is 2.74. The topological polar surface area (TPSA) is 73.8 Å². The third kappa shape index (κ3) is 11.1. The van der Waals surface area contributed by atoms with Gasteiger partial charge in [0.1, 0.15) is 11.6 Å². The second-order valence-corrected chi connectivity index (χ2v) is 11.2. The van der Waals surface area contributed by atoms with E-state index >= 15 is 0 Å². The smallest absolute Gasteiger partial charge is 0.237 e. The van der Waals surface area contributed by atoms with Crippen LogP contribution in [0, 0.1) is 11.6 Å². The number of aryl methyl sites for hydroxylation is 1. The Morgan fingerprint density at radius 2 is 1.73 bits per heavy atom. The summed E-state index contributed by atoms with van der Waals surface area (Å²) in [6, 6.07) is 10.6. The van der Waals surface area contributed by atoms with Crippen LogP contribution >= 0.6 is 0 Å². The zero-order valence-electron chi connectivity index (χ0n) is 25.0. The van der Waals surface area contributed by atoms with Crippen molar-refractivity contribution >= 4 is 5.91 Å². The summed E-state index contributed by atoms with van der Waals surface area (Å²) in [6.07, 6.45) is 5.67. The number of amides is 1. The van der Waals surface area contributed by atoms with E-state index in [1.165, 1.54) is 17.7 Å². The lowest BCUT2D eigenvalue weighted by molar-refractivity contribution is -0.129. The predicted octanol–water partition coefficient (Wildman–Crippen LogP) is 5.16. The molecule has 0 aliphatic carbocycles. The molecule has 1 saturated heterocycles. The highest BCUT2D eigenvalue weighted by Crippen LogP contribution is 2.20. The van der Waals surface area contributed by atoms with Crippen molar-refractivity contribution in [1.29, 1.82) is 0 Å². The number of rotatable bonds is 17. The molecule has 3 rings (SSSR count). The van der Waals surface area contributed by atoms with Crippen LogP contribution in [0.5, 0.6) is 0 Å². The zero-order chi connectivity index (χ0) is 29.6. The molecule has 2 aromatic carbocycles. The molecule has 1 aliphatic rings. The monoisotopic (exact) mass is 573 g/mol. The average molecular weight is 574 g/mol. The molecule has 6 nitrogen and oxygen atoms in total. The number of nitrogens with one attached hydrogen (secondary N) is 2. The number of benzene rings is 2. The van der Waals surface area contributed by atoms with E-state index in [1.54, 1.807) is 0 Å². The molecular weight excluding hydrogens is 524 g/mol. The number of nitrogens with zero attached hydrogens (tertiary/aromatic N) is 1. The zero-order valence-corrected chi connectivity index (χ0v) is 25.0. The maximum absolute atomic E-state index is 14.0. The fraction of sp³-hybridized carbons (Fsp3) is 0.606. The highest BCUT2D eigenvalue weighted by Gasteiger charge is 2.32. The normalized spacial score (nSPS) is 16.8. The van der Waals surface area contributed by atoms with Gasteiger partial charge in [-0.2, -0.15) is 0 Å². The van der Waals surface area contributed by atoms with Crippen LogP contribution in [0.15, 0.2) is 42.5 Å². The second kappa shape index (κ2) is 17.5. The molecule has 0 unspecified atom stereocenters. The number of halogens is 2. The van der Waals surface area contributed by atoms with Gasteiger partial charge in [-0.05, 0) is 67.3 Å². The Balaban J connectivity index is 1.70. The Hall–Kier alpha value is -2.39. The minimum Gasteiger partial charge on any atom is -0.390 e. The molecule has 228 valence electrons. The summed E-state index contributed by atoms with van der Waals surface area (Å²) >= 11 is 0. The van der Waals surface area contributed by atoms with Crippen LogP contribution in [-0.4, -0.2) is 66.4 Å². The van der Waals surface area contributed by atoms with Crippen molar-refractivity contribution in [2.24, 2.45) is 0 Å². The van der Waals surface area contributed by atoms with Gasteiger partial charge in [-0.25, -0.2) is 8.78 Å². The molecule has 3 N–H and O–H groups in total. The number of hydrogen-bond acceptors (Lipinski definition) is 5. The van der Waals surface area contributed by atoms with Crippen molar-refractivity contribution in [3.05, 3.63) is 70.8 Å². The number of aliphatic hydroxyl groups excluding tert-OH is 1. The first-order valence-corrected chi connectivity index (χ1v) is 15.4. The van der Waals surface area contributed by atoms with Crippen LogP contribution in [0.2, 0.25) is 0 Å². The third-order valence-corrected chi connectivity index (χ3v) is 7.86. The third-order valence-electron chi connectivity index (χ3n) is 7.86. The molecular formula is C33H49F2N3O3. The van der Waals surface area contributed by atoms with Crippen LogP contribution in [0.25, 0.3) is 0 Å². The van der Waals surface area contributed by atoms with E-state index in [0.29, 0.717) is 18.5 Å². The summed E-state index contributed by atoms with van der Waals surface area (Å²) in [6.45, 7) is 9.40. The molecule has 3 atom stereocenters. The predicted molar refractivity (Wildman–Crippen MR) is 160 cm³/mol. The molecule has 0 spiro atoms. The van der Waals surface area contributed by atoms with Gasteiger partial charge < -0.3 is 20.5 Å². The lowest BCUT2D eigenvalue weighted by Gasteiger charge is -2.38. The van der Waals surface area contributed by atoms with E-state index in [4.69, 9.17) is 4.74 Å². The molecule has 0 saturated carbocycles. The maximum Gasteiger partial charge on any atom is 0.237 e. The van der Waals surface area contributed by atoms with E-state index in [-0.39, 0.29) is 31.0 Å². The van der Waals surface area contributed by atoms with Crippen molar-refractivity contribution in [3.63, 3.8) is 0 Å². The van der Waals surface area contributed by atoms with E-state index in [9.17, 15) is 18.7 Å². The van der Waals surface area contributed by atoms with Crippen LogP contribution in [0.3, 0.4) is 0 Å². The summed E-state index contributed by atoms with van der Waals surface area (Å²) in [4.78, 5) is 16.0. The fourth-order valence-electron chi connectivity index (χ4n) is 5.53. The second-order valence-electron chi connectivity index (χ2n) is 11.2. The fourth-order valence-corrected chi connectivity index (χ4v) is 5.53. The number of hydrogen-bond donors (Lipinski definition) is 3. The first-order valence-electron chi connectivity index (χ1n) is 15.4. The van der Waals surface area contributed by atoms with Gasteiger partial charge in [-0.3, -0.25) is 9.69 Å². The Kier molecular flexibility index (Phi) is 14.2. The van der Waals surface area contributed by atoms with Gasteiger partial charge in [-0.15, -0.1) is 0 Å². The van der Waals surface area contributed by atoms with E-state index in [1.807, 2.05) is 12.1 Å². The molecule has 0 radical (unpaired) electrons. The molecule has 2 aromatic rings. The van der Waals surface area contributed by atoms with E-state index in [0.717, 1.165) is 69.9 Å². The van der Waals surface area contributed by atoms with Gasteiger partial charge in [0.25, 0.3) is 0 Å². The van der Waals surface area contributed by atoms with E-state index < -0.39 is 23.8 Å². The van der Waals surface area contributed by atoms with Crippen molar-refractivity contribution in [1.82, 2.24) is 15.5 Å². The van der Waals surface area contributed by atoms with Crippen LogP contribution in [0.1, 0.15) is 76.0 Å². The molecule has 1 heterocycles. The van der Waals surface area contributed by atoms with Gasteiger partial charge >= 0.3 is 0 Å². The lowest BCUT2D eigenvalue weighted by Crippen LogP contribution is -2.56. The quantitative estimate of drug-likeness (QED) is 0.244. The van der Waals surface area contributed by atoms with Gasteiger partial charge in [0, 0.05) is 38.9 Å². The highest BCUT2D eigenvalue weighted by atomic mass is 19.1. The number of likely N-dealkylation sites (tertiary alicyclic amines) is 1. The Labute approximate surface area is 244 Å². The van der Waals surface area contributed by atoms with Crippen molar-refractivity contribution in [3.8, 4) is 0 Å². The number of unbranched alkanes of at least 4 members (excludes halogenated alkanes) is 1.